The summed E-state index contributed by atoms with van der Waals surface area (Å²) in [6, 6.07) is 14.2. The molecule has 3 aromatic rings. The van der Waals surface area contributed by atoms with Crippen molar-refractivity contribution in [2.24, 2.45) is 0 Å². The Bertz CT molecular complexity index is 869. The van der Waals surface area contributed by atoms with E-state index in [4.69, 9.17) is 0 Å². The lowest BCUT2D eigenvalue weighted by Crippen LogP contribution is -2.30. The van der Waals surface area contributed by atoms with Crippen molar-refractivity contribution in [3.05, 3.63) is 70.5 Å². The highest BCUT2D eigenvalue weighted by Gasteiger charge is 2.10. The van der Waals surface area contributed by atoms with E-state index in [0.717, 1.165) is 27.9 Å². The SMILES string of the molecule is Cc1cccc(C)c1NC(=O)CN(C)Cc1ccc(Cc2nn[nH]n2)cc1. The summed E-state index contributed by atoms with van der Waals surface area (Å²) >= 11 is 0. The molecule has 0 atom stereocenters. The molecule has 1 amide bonds. The first-order valence-corrected chi connectivity index (χ1v) is 8.86. The number of aromatic nitrogens is 4. The highest BCUT2D eigenvalue weighted by Crippen LogP contribution is 2.19. The van der Waals surface area contributed by atoms with Gasteiger partial charge in [0.2, 0.25) is 5.91 Å². The molecule has 0 aliphatic carbocycles. The maximum atomic E-state index is 12.4. The van der Waals surface area contributed by atoms with E-state index in [1.165, 1.54) is 0 Å². The molecular weight excluding hydrogens is 340 g/mol. The van der Waals surface area contributed by atoms with Gasteiger partial charge in [-0.15, -0.1) is 10.2 Å². The van der Waals surface area contributed by atoms with Crippen molar-refractivity contribution in [2.75, 3.05) is 18.9 Å². The maximum absolute atomic E-state index is 12.4. The van der Waals surface area contributed by atoms with Gasteiger partial charge in [-0.3, -0.25) is 9.69 Å². The summed E-state index contributed by atoms with van der Waals surface area (Å²) in [5.74, 6) is 0.659. The molecule has 27 heavy (non-hydrogen) atoms. The van der Waals surface area contributed by atoms with Gasteiger partial charge in [-0.1, -0.05) is 47.7 Å². The third-order valence-electron chi connectivity index (χ3n) is 4.39. The average Bonchev–Trinajstić information content (AvgIpc) is 3.13. The van der Waals surface area contributed by atoms with Crippen LogP contribution in [0.25, 0.3) is 0 Å². The molecule has 0 spiro atoms. The molecule has 0 unspecified atom stereocenters. The third-order valence-corrected chi connectivity index (χ3v) is 4.39. The normalized spacial score (nSPS) is 11.0. The van der Waals surface area contributed by atoms with Gasteiger partial charge in [0.25, 0.3) is 0 Å². The maximum Gasteiger partial charge on any atom is 0.238 e. The topological polar surface area (TPSA) is 86.8 Å². The number of hydrogen-bond acceptors (Lipinski definition) is 5. The number of amides is 1. The summed E-state index contributed by atoms with van der Waals surface area (Å²) in [6.07, 6.45) is 0.644. The number of hydrogen-bond donors (Lipinski definition) is 2. The zero-order valence-corrected chi connectivity index (χ0v) is 15.9. The lowest BCUT2D eigenvalue weighted by atomic mass is 10.1. The molecule has 3 rings (SSSR count). The van der Waals surface area contributed by atoms with Crippen molar-refractivity contribution < 1.29 is 4.79 Å². The number of anilines is 1. The Balaban J connectivity index is 1.52. The third kappa shape index (κ3) is 5.21. The summed E-state index contributed by atoms with van der Waals surface area (Å²) in [4.78, 5) is 14.4. The van der Waals surface area contributed by atoms with E-state index in [-0.39, 0.29) is 5.91 Å². The van der Waals surface area contributed by atoms with Crippen molar-refractivity contribution in [2.45, 2.75) is 26.8 Å². The first-order chi connectivity index (χ1) is 13.0. The lowest BCUT2D eigenvalue weighted by molar-refractivity contribution is -0.117. The summed E-state index contributed by atoms with van der Waals surface area (Å²) in [5.41, 5.74) is 5.32. The number of aryl methyl sites for hydroxylation is 2. The van der Waals surface area contributed by atoms with Crippen molar-refractivity contribution >= 4 is 11.6 Å². The number of carbonyl (C=O) groups is 1. The molecule has 0 aliphatic rings. The van der Waals surface area contributed by atoms with Crippen molar-refractivity contribution in [3.63, 3.8) is 0 Å². The van der Waals surface area contributed by atoms with Crippen LogP contribution in [0.15, 0.2) is 42.5 Å². The molecule has 0 radical (unpaired) electrons. The number of benzene rings is 2. The molecule has 7 heteroatoms. The second-order valence-electron chi connectivity index (χ2n) is 6.81. The molecule has 1 heterocycles. The first-order valence-electron chi connectivity index (χ1n) is 8.86. The van der Waals surface area contributed by atoms with E-state index < -0.39 is 0 Å². The van der Waals surface area contributed by atoms with Gasteiger partial charge >= 0.3 is 0 Å². The van der Waals surface area contributed by atoms with E-state index in [9.17, 15) is 4.79 Å². The fourth-order valence-corrected chi connectivity index (χ4v) is 3.01. The molecule has 0 saturated heterocycles. The van der Waals surface area contributed by atoms with E-state index in [1.807, 2.05) is 44.0 Å². The minimum absolute atomic E-state index is 0.0105. The molecular formula is C20H24N6O. The number of aromatic amines is 1. The summed E-state index contributed by atoms with van der Waals surface area (Å²) in [7, 11) is 1.94. The number of H-pyrrole nitrogens is 1. The van der Waals surface area contributed by atoms with E-state index in [0.29, 0.717) is 25.3 Å². The van der Waals surface area contributed by atoms with Gasteiger partial charge in [0.05, 0.1) is 6.54 Å². The van der Waals surface area contributed by atoms with Crippen molar-refractivity contribution in [1.82, 2.24) is 25.5 Å². The highest BCUT2D eigenvalue weighted by atomic mass is 16.2. The lowest BCUT2D eigenvalue weighted by Gasteiger charge is -2.18. The van der Waals surface area contributed by atoms with Crippen LogP contribution in [-0.4, -0.2) is 45.0 Å². The molecule has 0 bridgehead atoms. The number of likely N-dealkylation sites (N-methyl/N-ethyl adjacent to an activating group) is 1. The molecule has 7 nitrogen and oxygen atoms in total. The van der Waals surface area contributed by atoms with E-state index in [2.05, 4.69) is 50.2 Å². The Morgan fingerprint density at radius 3 is 2.37 bits per heavy atom. The van der Waals surface area contributed by atoms with Crippen LogP contribution in [0.1, 0.15) is 28.1 Å². The molecule has 2 N–H and O–H groups in total. The Labute approximate surface area is 158 Å². The molecule has 0 aliphatic heterocycles. The number of para-hydroxylation sites is 1. The zero-order valence-electron chi connectivity index (χ0n) is 15.9. The van der Waals surface area contributed by atoms with E-state index >= 15 is 0 Å². The quantitative estimate of drug-likeness (QED) is 0.673. The predicted octanol–water partition coefficient (Wildman–Crippen LogP) is 2.48. The number of nitrogens with zero attached hydrogens (tertiary/aromatic N) is 4. The Morgan fingerprint density at radius 2 is 1.74 bits per heavy atom. The Kier molecular flexibility index (Phi) is 5.93. The largest absolute Gasteiger partial charge is 0.324 e. The average molecular weight is 364 g/mol. The second-order valence-corrected chi connectivity index (χ2v) is 6.81. The van der Waals surface area contributed by atoms with E-state index in [1.54, 1.807) is 0 Å². The van der Waals surface area contributed by atoms with Crippen LogP contribution < -0.4 is 5.32 Å². The highest BCUT2D eigenvalue weighted by molar-refractivity contribution is 5.93. The van der Waals surface area contributed by atoms with Gasteiger partial charge < -0.3 is 5.32 Å². The smallest absolute Gasteiger partial charge is 0.238 e. The monoisotopic (exact) mass is 364 g/mol. The molecule has 2 aromatic carbocycles. The second kappa shape index (κ2) is 8.55. The summed E-state index contributed by atoms with van der Waals surface area (Å²) < 4.78 is 0. The zero-order chi connectivity index (χ0) is 19.2. The standard InChI is InChI=1S/C20H24N6O/c1-14-5-4-6-15(2)20(14)21-19(27)13-26(3)12-17-9-7-16(8-10-17)11-18-22-24-25-23-18/h4-10H,11-13H2,1-3H3,(H,21,27)(H,22,23,24,25). The van der Waals surface area contributed by atoms with Crippen LogP contribution in [0, 0.1) is 13.8 Å². The van der Waals surface area contributed by atoms with Crippen LogP contribution in [0.3, 0.4) is 0 Å². The van der Waals surface area contributed by atoms with Crippen molar-refractivity contribution in [1.29, 1.82) is 0 Å². The summed E-state index contributed by atoms with van der Waals surface area (Å²) in [6.45, 7) is 5.03. The predicted molar refractivity (Wildman–Crippen MR) is 104 cm³/mol. The number of carbonyl (C=O) groups excluding carboxylic acids is 1. The van der Waals surface area contributed by atoms with Gasteiger partial charge in [0.15, 0.2) is 5.82 Å². The summed E-state index contributed by atoms with van der Waals surface area (Å²) in [5, 5.41) is 17.0. The first kappa shape index (κ1) is 18.7. The number of rotatable bonds is 7. The molecule has 140 valence electrons. The number of nitrogens with one attached hydrogen (secondary N) is 2. The molecule has 0 fully saturated rings. The minimum atomic E-state index is -0.0105. The van der Waals surface area contributed by atoms with Crippen LogP contribution in [0.2, 0.25) is 0 Å². The Hall–Kier alpha value is -3.06. The van der Waals surface area contributed by atoms with Gasteiger partial charge in [0, 0.05) is 18.7 Å². The fourth-order valence-electron chi connectivity index (χ4n) is 3.01. The van der Waals surface area contributed by atoms with Gasteiger partial charge in [-0.05, 0) is 43.1 Å². The van der Waals surface area contributed by atoms with Crippen LogP contribution in [0.5, 0.6) is 0 Å². The minimum Gasteiger partial charge on any atom is -0.324 e. The number of tetrazole rings is 1. The molecule has 1 aromatic heterocycles. The molecule has 0 saturated carbocycles. The van der Waals surface area contributed by atoms with Crippen molar-refractivity contribution in [3.8, 4) is 0 Å². The van der Waals surface area contributed by atoms with Crippen LogP contribution in [0.4, 0.5) is 5.69 Å². The van der Waals surface area contributed by atoms with Crippen LogP contribution >= 0.6 is 0 Å². The fraction of sp³-hybridized carbons (Fsp3) is 0.300. The van der Waals surface area contributed by atoms with Gasteiger partial charge in [-0.25, -0.2) is 0 Å². The Morgan fingerprint density at radius 1 is 1.07 bits per heavy atom. The van der Waals surface area contributed by atoms with Crippen LogP contribution in [-0.2, 0) is 17.8 Å². The van der Waals surface area contributed by atoms with Gasteiger partial charge in [-0.2, -0.15) is 5.21 Å². The van der Waals surface area contributed by atoms with Gasteiger partial charge in [0.1, 0.15) is 0 Å².